The van der Waals surface area contributed by atoms with E-state index in [1.54, 1.807) is 24.7 Å². The Morgan fingerprint density at radius 1 is 1.43 bits per heavy atom. The van der Waals surface area contributed by atoms with E-state index in [1.165, 1.54) is 10.9 Å². The SMILES string of the molecule is O=C(Cn1cc(Cl)cn1)NC[C@]1(O)CCN(c2ncccn2)C1. The highest BCUT2D eigenvalue weighted by molar-refractivity contribution is 6.30. The van der Waals surface area contributed by atoms with Crippen molar-refractivity contribution < 1.29 is 9.90 Å². The maximum Gasteiger partial charge on any atom is 0.241 e. The smallest absolute Gasteiger partial charge is 0.241 e. The lowest BCUT2D eigenvalue weighted by Gasteiger charge is -2.23. The second-order valence-corrected chi connectivity index (χ2v) is 6.01. The molecule has 2 aromatic heterocycles. The maximum atomic E-state index is 11.9. The Bertz CT molecular complexity index is 679. The van der Waals surface area contributed by atoms with Gasteiger partial charge in [-0.05, 0) is 12.5 Å². The van der Waals surface area contributed by atoms with Crippen molar-refractivity contribution in [3.63, 3.8) is 0 Å². The summed E-state index contributed by atoms with van der Waals surface area (Å²) in [5, 5.41) is 17.7. The molecule has 1 saturated heterocycles. The summed E-state index contributed by atoms with van der Waals surface area (Å²) < 4.78 is 1.44. The van der Waals surface area contributed by atoms with E-state index < -0.39 is 5.60 Å². The molecule has 2 aromatic rings. The van der Waals surface area contributed by atoms with Crippen LogP contribution in [0.3, 0.4) is 0 Å². The number of carbonyl (C=O) groups excluding carboxylic acids is 1. The Morgan fingerprint density at radius 2 is 2.22 bits per heavy atom. The molecule has 2 N–H and O–H groups in total. The standard InChI is InChI=1S/C14H17ClN6O2/c15-11-6-19-21(7-11)8-12(22)18-9-14(23)2-5-20(10-14)13-16-3-1-4-17-13/h1,3-4,6-7,23H,2,5,8-10H2,(H,18,22)/t14-/m1/s1. The number of rotatable bonds is 5. The predicted molar refractivity (Wildman–Crippen MR) is 84.1 cm³/mol. The molecule has 0 aromatic carbocycles. The third-order valence-corrected chi connectivity index (χ3v) is 3.88. The van der Waals surface area contributed by atoms with Crippen LogP contribution >= 0.6 is 11.6 Å². The number of nitrogens with zero attached hydrogens (tertiary/aromatic N) is 5. The summed E-state index contributed by atoms with van der Waals surface area (Å²) in [4.78, 5) is 22.2. The Labute approximate surface area is 138 Å². The summed E-state index contributed by atoms with van der Waals surface area (Å²) in [6.07, 6.45) is 6.91. The first-order valence-corrected chi connectivity index (χ1v) is 7.61. The van der Waals surface area contributed by atoms with E-state index in [-0.39, 0.29) is 19.0 Å². The molecular formula is C14H17ClN6O2. The van der Waals surface area contributed by atoms with Gasteiger partial charge in [-0.15, -0.1) is 0 Å². The Morgan fingerprint density at radius 3 is 2.91 bits per heavy atom. The second-order valence-electron chi connectivity index (χ2n) is 5.58. The van der Waals surface area contributed by atoms with Gasteiger partial charge in [-0.3, -0.25) is 9.48 Å². The predicted octanol–water partition coefficient (Wildman–Crippen LogP) is 0.0841. The summed E-state index contributed by atoms with van der Waals surface area (Å²) in [6.45, 7) is 1.26. The molecule has 122 valence electrons. The highest BCUT2D eigenvalue weighted by atomic mass is 35.5. The van der Waals surface area contributed by atoms with Crippen LogP contribution in [0.1, 0.15) is 6.42 Å². The van der Waals surface area contributed by atoms with Crippen molar-refractivity contribution >= 4 is 23.5 Å². The van der Waals surface area contributed by atoms with Crippen LogP contribution in [-0.4, -0.2) is 56.0 Å². The van der Waals surface area contributed by atoms with E-state index in [2.05, 4.69) is 20.4 Å². The van der Waals surface area contributed by atoms with Crippen molar-refractivity contribution in [1.82, 2.24) is 25.1 Å². The second kappa shape index (κ2) is 6.51. The van der Waals surface area contributed by atoms with Crippen LogP contribution in [0, 0.1) is 0 Å². The van der Waals surface area contributed by atoms with Gasteiger partial charge in [0, 0.05) is 31.7 Å². The first-order valence-electron chi connectivity index (χ1n) is 7.23. The van der Waals surface area contributed by atoms with Crippen LogP contribution in [0.15, 0.2) is 30.9 Å². The summed E-state index contributed by atoms with van der Waals surface area (Å²) >= 11 is 5.75. The molecular weight excluding hydrogens is 320 g/mol. The van der Waals surface area contributed by atoms with E-state index in [0.29, 0.717) is 30.5 Å². The molecule has 1 aliphatic heterocycles. The minimum atomic E-state index is -0.989. The van der Waals surface area contributed by atoms with E-state index in [9.17, 15) is 9.90 Å². The lowest BCUT2D eigenvalue weighted by atomic mass is 10.0. The molecule has 1 aliphatic rings. The van der Waals surface area contributed by atoms with Gasteiger partial charge in [0.15, 0.2) is 0 Å². The van der Waals surface area contributed by atoms with Gasteiger partial charge >= 0.3 is 0 Å². The molecule has 0 aliphatic carbocycles. The first-order chi connectivity index (χ1) is 11.0. The maximum absolute atomic E-state index is 11.9. The third kappa shape index (κ3) is 3.96. The molecule has 3 rings (SSSR count). The lowest BCUT2D eigenvalue weighted by Crippen LogP contribution is -2.45. The number of hydrogen-bond donors (Lipinski definition) is 2. The van der Waals surface area contributed by atoms with E-state index >= 15 is 0 Å². The molecule has 0 bridgehead atoms. The van der Waals surface area contributed by atoms with Crippen molar-refractivity contribution in [3.05, 3.63) is 35.9 Å². The molecule has 8 nitrogen and oxygen atoms in total. The summed E-state index contributed by atoms with van der Waals surface area (Å²) in [7, 11) is 0. The molecule has 0 radical (unpaired) electrons. The van der Waals surface area contributed by atoms with Gasteiger partial charge in [-0.25, -0.2) is 9.97 Å². The number of aliphatic hydroxyl groups is 1. The summed E-state index contributed by atoms with van der Waals surface area (Å²) in [6, 6.07) is 1.74. The molecule has 3 heterocycles. The molecule has 1 fully saturated rings. The highest BCUT2D eigenvalue weighted by Gasteiger charge is 2.37. The van der Waals surface area contributed by atoms with Gasteiger partial charge in [0.25, 0.3) is 0 Å². The number of halogens is 1. The Kier molecular flexibility index (Phi) is 4.44. The van der Waals surface area contributed by atoms with Gasteiger partial charge in [-0.1, -0.05) is 11.6 Å². The average Bonchev–Trinajstić information content (AvgIpc) is 3.13. The summed E-state index contributed by atoms with van der Waals surface area (Å²) in [5.41, 5.74) is -0.989. The minimum absolute atomic E-state index is 0.0638. The van der Waals surface area contributed by atoms with Crippen molar-refractivity contribution in [2.24, 2.45) is 0 Å². The van der Waals surface area contributed by atoms with E-state index in [0.717, 1.165) is 0 Å². The fourth-order valence-corrected chi connectivity index (χ4v) is 2.67. The molecule has 0 saturated carbocycles. The van der Waals surface area contributed by atoms with Crippen molar-refractivity contribution in [2.75, 3.05) is 24.5 Å². The zero-order valence-corrected chi connectivity index (χ0v) is 13.1. The van der Waals surface area contributed by atoms with E-state index in [1.807, 2.05) is 4.90 Å². The molecule has 0 spiro atoms. The van der Waals surface area contributed by atoms with Gasteiger partial charge in [0.2, 0.25) is 11.9 Å². The fourth-order valence-electron chi connectivity index (χ4n) is 2.52. The van der Waals surface area contributed by atoms with Crippen molar-refractivity contribution in [3.8, 4) is 0 Å². The quantitative estimate of drug-likeness (QED) is 0.803. The van der Waals surface area contributed by atoms with Gasteiger partial charge < -0.3 is 15.3 Å². The van der Waals surface area contributed by atoms with Crippen molar-refractivity contribution in [1.29, 1.82) is 0 Å². The number of anilines is 1. The largest absolute Gasteiger partial charge is 0.386 e. The highest BCUT2D eigenvalue weighted by Crippen LogP contribution is 2.23. The molecule has 23 heavy (non-hydrogen) atoms. The zero-order chi connectivity index (χ0) is 16.3. The molecule has 9 heteroatoms. The van der Waals surface area contributed by atoms with Gasteiger partial charge in [-0.2, -0.15) is 5.10 Å². The first kappa shape index (κ1) is 15.7. The van der Waals surface area contributed by atoms with Crippen LogP contribution in [0.2, 0.25) is 5.02 Å². The normalized spacial score (nSPS) is 20.7. The number of carbonyl (C=O) groups is 1. The molecule has 1 amide bonds. The monoisotopic (exact) mass is 336 g/mol. The van der Waals surface area contributed by atoms with Crippen LogP contribution in [-0.2, 0) is 11.3 Å². The number of aromatic nitrogens is 4. The topological polar surface area (TPSA) is 96.2 Å². The number of β-amino-alcohol motifs (C(OH)–C–C–N with tert-alkyl or cyclic N) is 1. The Balaban J connectivity index is 1.51. The minimum Gasteiger partial charge on any atom is -0.386 e. The lowest BCUT2D eigenvalue weighted by molar-refractivity contribution is -0.122. The van der Waals surface area contributed by atoms with Gasteiger partial charge in [0.1, 0.15) is 12.1 Å². The third-order valence-electron chi connectivity index (χ3n) is 3.69. The van der Waals surface area contributed by atoms with Crippen LogP contribution in [0.5, 0.6) is 0 Å². The number of amides is 1. The van der Waals surface area contributed by atoms with Crippen molar-refractivity contribution in [2.45, 2.75) is 18.6 Å². The summed E-state index contributed by atoms with van der Waals surface area (Å²) in [5.74, 6) is 0.355. The number of nitrogens with one attached hydrogen (secondary N) is 1. The van der Waals surface area contributed by atoms with E-state index in [4.69, 9.17) is 11.6 Å². The van der Waals surface area contributed by atoms with Gasteiger partial charge in [0.05, 0.1) is 17.8 Å². The molecule has 0 unspecified atom stereocenters. The van der Waals surface area contributed by atoms with Crippen LogP contribution in [0.4, 0.5) is 5.95 Å². The Hall–Kier alpha value is -2.19. The zero-order valence-electron chi connectivity index (χ0n) is 12.4. The fraction of sp³-hybridized carbons (Fsp3) is 0.429. The average molecular weight is 337 g/mol. The van der Waals surface area contributed by atoms with Crippen LogP contribution in [0.25, 0.3) is 0 Å². The molecule has 1 atom stereocenters. The number of hydrogen-bond acceptors (Lipinski definition) is 6. The van der Waals surface area contributed by atoms with Crippen LogP contribution < -0.4 is 10.2 Å².